The third-order valence-electron chi connectivity index (χ3n) is 8.33. The van der Waals surface area contributed by atoms with E-state index >= 15 is 0 Å². The molecule has 29 heavy (non-hydrogen) atoms. The van der Waals surface area contributed by atoms with E-state index in [0.717, 1.165) is 36.9 Å². The minimum Gasteiger partial charge on any atom is -0.493 e. The number of hydrogen-bond donors (Lipinski definition) is 1. The summed E-state index contributed by atoms with van der Waals surface area (Å²) in [6.07, 6.45) is 6.83. The number of benzene rings is 1. The van der Waals surface area contributed by atoms with Gasteiger partial charge in [-0.1, -0.05) is 11.6 Å². The molecular weight excluding hydrogens is 368 g/mol. The summed E-state index contributed by atoms with van der Waals surface area (Å²) in [4.78, 5) is 15.5. The maximum atomic E-state index is 13.4. The molecule has 3 aliphatic heterocycles. The Hall–Kier alpha value is -2.05. The first kappa shape index (κ1) is 17.8. The fraction of sp³-hybridized carbons (Fsp3) is 0.609. The Morgan fingerprint density at radius 3 is 2.83 bits per heavy atom. The van der Waals surface area contributed by atoms with Crippen LogP contribution in [0.4, 0.5) is 5.69 Å². The summed E-state index contributed by atoms with van der Waals surface area (Å²) in [6.45, 7) is 0.615. The van der Waals surface area contributed by atoms with Crippen LogP contribution >= 0.6 is 0 Å². The number of piperidine rings is 1. The van der Waals surface area contributed by atoms with E-state index in [0.29, 0.717) is 36.4 Å². The van der Waals surface area contributed by atoms with Crippen molar-refractivity contribution in [3.05, 3.63) is 29.3 Å². The summed E-state index contributed by atoms with van der Waals surface area (Å²) >= 11 is 0. The molecule has 1 saturated heterocycles. The smallest absolute Gasteiger partial charge is 0.229 e. The lowest BCUT2D eigenvalue weighted by Gasteiger charge is -2.58. The van der Waals surface area contributed by atoms with Crippen LogP contribution in [0.2, 0.25) is 0 Å². The molecule has 1 amide bonds. The Labute approximate surface area is 171 Å². The topological polar surface area (TPSA) is 74.0 Å². The molecule has 1 aromatic carbocycles. The number of amides is 1. The Balaban J connectivity index is 1.64. The maximum absolute atomic E-state index is 13.4. The van der Waals surface area contributed by atoms with E-state index in [1.807, 2.05) is 6.07 Å². The van der Waals surface area contributed by atoms with Gasteiger partial charge in [0.25, 0.3) is 0 Å². The molecule has 0 radical (unpaired) electrons. The van der Waals surface area contributed by atoms with Gasteiger partial charge in [-0.15, -0.1) is 0 Å². The summed E-state index contributed by atoms with van der Waals surface area (Å²) in [5.41, 5.74) is 10.4. The van der Waals surface area contributed by atoms with Gasteiger partial charge in [0.2, 0.25) is 5.91 Å². The van der Waals surface area contributed by atoms with Crippen molar-refractivity contribution in [1.29, 1.82) is 0 Å². The second-order valence-electron chi connectivity index (χ2n) is 9.21. The number of ether oxygens (including phenoxy) is 3. The molecule has 2 N–H and O–H groups in total. The van der Waals surface area contributed by atoms with Gasteiger partial charge in [0.15, 0.2) is 11.5 Å². The minimum atomic E-state index is -0.246. The molecule has 6 heteroatoms. The summed E-state index contributed by atoms with van der Waals surface area (Å²) in [5.74, 6) is 2.21. The van der Waals surface area contributed by atoms with Crippen LogP contribution in [-0.4, -0.2) is 44.9 Å². The van der Waals surface area contributed by atoms with Crippen LogP contribution in [0.15, 0.2) is 23.8 Å². The van der Waals surface area contributed by atoms with E-state index in [2.05, 4.69) is 17.0 Å². The number of nitrogens with zero attached hydrogens (tertiary/aromatic N) is 1. The van der Waals surface area contributed by atoms with Gasteiger partial charge in [-0.05, 0) is 43.2 Å². The first-order valence-corrected chi connectivity index (χ1v) is 10.7. The molecule has 6 rings (SSSR count). The minimum absolute atomic E-state index is 0.00366. The van der Waals surface area contributed by atoms with Crippen LogP contribution in [-0.2, 0) is 14.9 Å². The molecule has 6 atom stereocenters. The molecule has 4 bridgehead atoms. The Morgan fingerprint density at radius 1 is 1.24 bits per heavy atom. The van der Waals surface area contributed by atoms with E-state index in [-0.39, 0.29) is 29.5 Å². The lowest BCUT2D eigenvalue weighted by atomic mass is 9.51. The van der Waals surface area contributed by atoms with Gasteiger partial charge in [-0.2, -0.15) is 0 Å². The second-order valence-corrected chi connectivity index (χ2v) is 9.21. The fourth-order valence-corrected chi connectivity index (χ4v) is 7.27. The molecule has 3 fully saturated rings. The summed E-state index contributed by atoms with van der Waals surface area (Å²) in [5, 5.41) is 0. The zero-order valence-electron chi connectivity index (χ0n) is 17.0. The molecule has 0 spiro atoms. The molecule has 0 aromatic heterocycles. The quantitative estimate of drug-likeness (QED) is 0.778. The highest BCUT2D eigenvalue weighted by atomic mass is 16.5. The van der Waals surface area contributed by atoms with Crippen molar-refractivity contribution in [2.24, 2.45) is 17.6 Å². The standard InChI is InChI=1S/C23H28N2O4/c1-27-16-9-14-15(10-17(16)28-2)25-20(26)11-18-21-13-8-19(24)23(14,22(21)25)6-3-4-12(13)5-7-29-18/h5,9-10,13,18-19,21-22H,3-4,6-8,11,24H2,1-2H3. The number of carbonyl (C=O) groups excluding carboxylic acids is 1. The lowest BCUT2D eigenvalue weighted by molar-refractivity contribution is -0.131. The van der Waals surface area contributed by atoms with Crippen molar-refractivity contribution < 1.29 is 19.0 Å². The van der Waals surface area contributed by atoms with E-state index < -0.39 is 0 Å². The van der Waals surface area contributed by atoms with E-state index in [4.69, 9.17) is 19.9 Å². The van der Waals surface area contributed by atoms with E-state index in [9.17, 15) is 4.79 Å². The highest BCUT2D eigenvalue weighted by molar-refractivity contribution is 5.99. The van der Waals surface area contributed by atoms with Crippen molar-refractivity contribution in [3.63, 3.8) is 0 Å². The monoisotopic (exact) mass is 396 g/mol. The van der Waals surface area contributed by atoms with Crippen LogP contribution in [0.25, 0.3) is 0 Å². The van der Waals surface area contributed by atoms with Gasteiger partial charge in [-0.3, -0.25) is 4.79 Å². The lowest BCUT2D eigenvalue weighted by Crippen LogP contribution is -2.69. The highest BCUT2D eigenvalue weighted by Crippen LogP contribution is 2.63. The molecule has 2 saturated carbocycles. The third-order valence-corrected chi connectivity index (χ3v) is 8.33. The number of methoxy groups -OCH3 is 2. The predicted octanol–water partition coefficient (Wildman–Crippen LogP) is 2.53. The number of hydrogen-bond acceptors (Lipinski definition) is 5. The summed E-state index contributed by atoms with van der Waals surface area (Å²) in [6, 6.07) is 4.13. The molecule has 6 nitrogen and oxygen atoms in total. The zero-order valence-corrected chi connectivity index (χ0v) is 17.0. The number of fused-ring (bicyclic) bond motifs is 2. The summed E-state index contributed by atoms with van der Waals surface area (Å²) in [7, 11) is 3.30. The number of allylic oxidation sites excluding steroid dienone is 1. The molecule has 3 heterocycles. The Bertz CT molecular complexity index is 928. The fourth-order valence-electron chi connectivity index (χ4n) is 7.27. The Kier molecular flexibility index (Phi) is 3.67. The molecule has 154 valence electrons. The molecule has 2 aliphatic carbocycles. The van der Waals surface area contributed by atoms with Crippen LogP contribution in [0.5, 0.6) is 11.5 Å². The van der Waals surface area contributed by atoms with Crippen LogP contribution < -0.4 is 20.1 Å². The van der Waals surface area contributed by atoms with Gasteiger partial charge in [-0.25, -0.2) is 0 Å². The van der Waals surface area contributed by atoms with Gasteiger partial charge in [0.05, 0.1) is 45.1 Å². The number of rotatable bonds is 2. The maximum Gasteiger partial charge on any atom is 0.229 e. The van der Waals surface area contributed by atoms with Crippen LogP contribution in [0, 0.1) is 11.8 Å². The molecule has 6 unspecified atom stereocenters. The number of nitrogens with two attached hydrogens (primary N) is 1. The van der Waals surface area contributed by atoms with E-state index in [1.165, 1.54) is 5.57 Å². The second kappa shape index (κ2) is 5.99. The van der Waals surface area contributed by atoms with Crippen LogP contribution in [0.1, 0.15) is 37.7 Å². The number of carbonyl (C=O) groups is 1. The summed E-state index contributed by atoms with van der Waals surface area (Å²) < 4.78 is 17.5. The first-order valence-electron chi connectivity index (χ1n) is 10.7. The van der Waals surface area contributed by atoms with Gasteiger partial charge >= 0.3 is 0 Å². The van der Waals surface area contributed by atoms with Gasteiger partial charge in [0.1, 0.15) is 0 Å². The number of anilines is 1. The normalized spacial score (nSPS) is 39.3. The van der Waals surface area contributed by atoms with Crippen molar-refractivity contribution in [2.75, 3.05) is 25.7 Å². The average Bonchev–Trinajstić information content (AvgIpc) is 2.88. The largest absolute Gasteiger partial charge is 0.493 e. The van der Waals surface area contributed by atoms with E-state index in [1.54, 1.807) is 14.2 Å². The van der Waals surface area contributed by atoms with Crippen LogP contribution in [0.3, 0.4) is 0 Å². The molecular formula is C23H28N2O4. The predicted molar refractivity (Wildman–Crippen MR) is 108 cm³/mol. The molecule has 1 aromatic rings. The average molecular weight is 396 g/mol. The van der Waals surface area contributed by atoms with Crippen molar-refractivity contribution in [3.8, 4) is 11.5 Å². The third kappa shape index (κ3) is 2.06. The first-order chi connectivity index (χ1) is 14.1. The van der Waals surface area contributed by atoms with Gasteiger partial charge < -0.3 is 24.8 Å². The zero-order chi connectivity index (χ0) is 19.9. The van der Waals surface area contributed by atoms with Crippen molar-refractivity contribution >= 4 is 11.6 Å². The molecule has 5 aliphatic rings. The SMILES string of the molecule is COc1cc2c(cc1OC)C13CCCC4=CCOC5CC(=O)N2C1C5C4CC3N. The Morgan fingerprint density at radius 2 is 2.03 bits per heavy atom. The van der Waals surface area contributed by atoms with Crippen molar-refractivity contribution in [1.82, 2.24) is 0 Å². The highest BCUT2D eigenvalue weighted by Gasteiger charge is 2.67. The van der Waals surface area contributed by atoms with Gasteiger partial charge in [0, 0.05) is 23.4 Å². The van der Waals surface area contributed by atoms with Crippen molar-refractivity contribution in [2.45, 2.75) is 55.7 Å².